The summed E-state index contributed by atoms with van der Waals surface area (Å²) in [5, 5.41) is 0. The lowest BCUT2D eigenvalue weighted by Crippen LogP contribution is -2.20. The summed E-state index contributed by atoms with van der Waals surface area (Å²) in [6.07, 6.45) is -4.42. The molecular formula is C14H12Cl2F3NS. The van der Waals surface area contributed by atoms with Gasteiger partial charge in [0.15, 0.2) is 0 Å². The van der Waals surface area contributed by atoms with Gasteiger partial charge in [-0.15, -0.1) is 22.9 Å². The highest BCUT2D eigenvalue weighted by Gasteiger charge is 2.34. The molecule has 0 unspecified atom stereocenters. The van der Waals surface area contributed by atoms with E-state index in [2.05, 4.69) is 0 Å². The first-order valence-electron chi connectivity index (χ1n) is 6.02. The maximum atomic E-state index is 13.2. The molecule has 1 nitrogen and oxygen atoms in total. The average molecular weight is 354 g/mol. The molecule has 0 aliphatic carbocycles. The van der Waals surface area contributed by atoms with E-state index in [0.29, 0.717) is 16.4 Å². The largest absolute Gasteiger partial charge is 0.418 e. The standard InChI is InChI=1S/C14H12Cl2F3NS/c1-20(8-10-3-5-13(16)21-10)12-4-2-9(7-15)6-11(12)14(17,18)19/h2-6H,7-8H2,1H3. The number of hydrogen-bond donors (Lipinski definition) is 0. The molecular weight excluding hydrogens is 342 g/mol. The normalized spacial score (nSPS) is 11.7. The minimum absolute atomic E-state index is 0.0492. The molecule has 1 heterocycles. The Bertz CT molecular complexity index is 625. The van der Waals surface area contributed by atoms with Gasteiger partial charge in [-0.25, -0.2) is 0 Å². The Balaban J connectivity index is 2.33. The number of anilines is 1. The third kappa shape index (κ3) is 4.05. The number of rotatable bonds is 4. The minimum atomic E-state index is -4.42. The average Bonchev–Trinajstić information content (AvgIpc) is 2.82. The smallest absolute Gasteiger partial charge is 0.369 e. The molecule has 1 aromatic heterocycles. The predicted octanol–water partition coefficient (Wildman–Crippen LogP) is 5.80. The van der Waals surface area contributed by atoms with Gasteiger partial charge in [-0.3, -0.25) is 0 Å². The molecule has 7 heteroatoms. The lowest BCUT2D eigenvalue weighted by Gasteiger charge is -2.23. The van der Waals surface area contributed by atoms with Crippen molar-refractivity contribution < 1.29 is 13.2 Å². The number of alkyl halides is 4. The second kappa shape index (κ2) is 6.46. The van der Waals surface area contributed by atoms with Crippen LogP contribution in [-0.2, 0) is 18.6 Å². The summed E-state index contributed by atoms with van der Waals surface area (Å²) in [5.41, 5.74) is -0.105. The molecule has 0 radical (unpaired) electrons. The van der Waals surface area contributed by atoms with E-state index < -0.39 is 11.7 Å². The number of hydrogen-bond acceptors (Lipinski definition) is 2. The molecule has 114 valence electrons. The van der Waals surface area contributed by atoms with Gasteiger partial charge in [0.05, 0.1) is 16.4 Å². The fraction of sp³-hybridized carbons (Fsp3) is 0.286. The molecule has 1 aromatic carbocycles. The number of nitrogens with zero attached hydrogens (tertiary/aromatic N) is 1. The van der Waals surface area contributed by atoms with Gasteiger partial charge in [-0.2, -0.15) is 13.2 Å². The molecule has 0 amide bonds. The van der Waals surface area contributed by atoms with Crippen molar-refractivity contribution >= 4 is 40.2 Å². The van der Waals surface area contributed by atoms with Crippen LogP contribution < -0.4 is 4.90 Å². The molecule has 0 saturated carbocycles. The van der Waals surface area contributed by atoms with Gasteiger partial charge in [0, 0.05) is 23.5 Å². The first kappa shape index (κ1) is 16.5. The van der Waals surface area contributed by atoms with Crippen LogP contribution in [0.1, 0.15) is 16.0 Å². The van der Waals surface area contributed by atoms with E-state index in [1.54, 1.807) is 24.1 Å². The second-order valence-corrected chi connectivity index (χ2v) is 6.61. The summed E-state index contributed by atoms with van der Waals surface area (Å²) in [6.45, 7) is 0.362. The van der Waals surface area contributed by atoms with Crippen molar-refractivity contribution in [3.63, 3.8) is 0 Å². The summed E-state index contributed by atoms with van der Waals surface area (Å²) in [6, 6.07) is 7.70. The van der Waals surface area contributed by atoms with Crippen LogP contribution in [0.15, 0.2) is 30.3 Å². The van der Waals surface area contributed by atoms with Crippen LogP contribution in [0, 0.1) is 0 Å². The fourth-order valence-corrected chi connectivity index (χ4v) is 3.29. The van der Waals surface area contributed by atoms with E-state index in [1.807, 2.05) is 6.07 Å². The van der Waals surface area contributed by atoms with E-state index in [-0.39, 0.29) is 11.6 Å². The minimum Gasteiger partial charge on any atom is -0.369 e. The number of halogens is 5. The van der Waals surface area contributed by atoms with Crippen LogP contribution in [0.5, 0.6) is 0 Å². The zero-order valence-electron chi connectivity index (χ0n) is 11.0. The molecule has 0 N–H and O–H groups in total. The van der Waals surface area contributed by atoms with E-state index in [0.717, 1.165) is 10.9 Å². The van der Waals surface area contributed by atoms with E-state index >= 15 is 0 Å². The molecule has 0 fully saturated rings. The molecule has 0 atom stereocenters. The highest BCUT2D eigenvalue weighted by Crippen LogP contribution is 2.38. The molecule has 0 bridgehead atoms. The second-order valence-electron chi connectivity index (χ2n) is 4.54. The lowest BCUT2D eigenvalue weighted by molar-refractivity contribution is -0.137. The molecule has 2 aromatic rings. The number of thiophene rings is 1. The van der Waals surface area contributed by atoms with Crippen LogP contribution in [0.4, 0.5) is 18.9 Å². The Morgan fingerprint density at radius 1 is 1.19 bits per heavy atom. The molecule has 0 aliphatic heterocycles. The molecule has 0 saturated heterocycles. The first-order chi connectivity index (χ1) is 9.81. The van der Waals surface area contributed by atoms with Gasteiger partial charge in [-0.1, -0.05) is 17.7 Å². The van der Waals surface area contributed by atoms with Gasteiger partial charge >= 0.3 is 6.18 Å². The van der Waals surface area contributed by atoms with Crippen molar-refractivity contribution in [2.45, 2.75) is 18.6 Å². The van der Waals surface area contributed by atoms with Gasteiger partial charge in [-0.05, 0) is 29.8 Å². The Kier molecular flexibility index (Phi) is 5.07. The maximum Gasteiger partial charge on any atom is 0.418 e. The Hall–Kier alpha value is -0.910. The molecule has 2 rings (SSSR count). The van der Waals surface area contributed by atoms with Crippen LogP contribution in [0.2, 0.25) is 4.34 Å². The van der Waals surface area contributed by atoms with Crippen molar-refractivity contribution in [2.75, 3.05) is 11.9 Å². The molecule has 21 heavy (non-hydrogen) atoms. The third-order valence-electron chi connectivity index (χ3n) is 2.95. The summed E-state index contributed by atoms with van der Waals surface area (Å²) in [5.74, 6) is 0.0492. The van der Waals surface area contributed by atoms with Gasteiger partial charge in [0.25, 0.3) is 0 Å². The Morgan fingerprint density at radius 2 is 1.90 bits per heavy atom. The zero-order valence-corrected chi connectivity index (χ0v) is 13.4. The van der Waals surface area contributed by atoms with Gasteiger partial charge in [0.1, 0.15) is 0 Å². The summed E-state index contributed by atoms with van der Waals surface area (Å²) in [4.78, 5) is 2.46. The number of benzene rings is 1. The van der Waals surface area contributed by atoms with Crippen LogP contribution in [-0.4, -0.2) is 7.05 Å². The summed E-state index contributed by atoms with van der Waals surface area (Å²) >= 11 is 12.8. The third-order valence-corrected chi connectivity index (χ3v) is 4.48. The predicted molar refractivity (Wildman–Crippen MR) is 82.4 cm³/mol. The van der Waals surface area contributed by atoms with Crippen molar-refractivity contribution in [3.8, 4) is 0 Å². The van der Waals surface area contributed by atoms with Crippen LogP contribution in [0.3, 0.4) is 0 Å². The van der Waals surface area contributed by atoms with Crippen LogP contribution >= 0.6 is 34.5 Å². The van der Waals surface area contributed by atoms with E-state index in [9.17, 15) is 13.2 Å². The van der Waals surface area contributed by atoms with Crippen molar-refractivity contribution in [1.29, 1.82) is 0 Å². The van der Waals surface area contributed by atoms with Gasteiger partial charge in [0.2, 0.25) is 0 Å². The van der Waals surface area contributed by atoms with Crippen LogP contribution in [0.25, 0.3) is 0 Å². The van der Waals surface area contributed by atoms with E-state index in [4.69, 9.17) is 23.2 Å². The maximum absolute atomic E-state index is 13.2. The Labute approximate surface area is 134 Å². The molecule has 0 aliphatic rings. The highest BCUT2D eigenvalue weighted by atomic mass is 35.5. The monoisotopic (exact) mass is 353 g/mol. The quantitative estimate of drug-likeness (QED) is 0.628. The lowest BCUT2D eigenvalue weighted by atomic mass is 10.1. The summed E-state index contributed by atoms with van der Waals surface area (Å²) < 4.78 is 40.2. The fourth-order valence-electron chi connectivity index (χ4n) is 1.98. The molecule has 0 spiro atoms. The van der Waals surface area contributed by atoms with E-state index in [1.165, 1.54) is 17.4 Å². The highest BCUT2D eigenvalue weighted by molar-refractivity contribution is 7.16. The first-order valence-corrected chi connectivity index (χ1v) is 7.75. The van der Waals surface area contributed by atoms with Crippen molar-refractivity contribution in [3.05, 3.63) is 50.7 Å². The van der Waals surface area contributed by atoms with Gasteiger partial charge < -0.3 is 4.90 Å². The van der Waals surface area contributed by atoms with Crippen molar-refractivity contribution in [2.24, 2.45) is 0 Å². The zero-order chi connectivity index (χ0) is 15.6. The topological polar surface area (TPSA) is 3.24 Å². The Morgan fingerprint density at radius 3 is 2.43 bits per heavy atom. The summed E-state index contributed by atoms with van der Waals surface area (Å²) in [7, 11) is 1.62. The SMILES string of the molecule is CN(Cc1ccc(Cl)s1)c1ccc(CCl)cc1C(F)(F)F. The van der Waals surface area contributed by atoms with Crippen molar-refractivity contribution in [1.82, 2.24) is 0 Å².